The van der Waals surface area contributed by atoms with Gasteiger partial charge in [-0.1, -0.05) is 24.3 Å². The van der Waals surface area contributed by atoms with Crippen molar-refractivity contribution in [2.75, 3.05) is 0 Å². The second kappa shape index (κ2) is 7.91. The minimum Gasteiger partial charge on any atom is -0.368 e. The first kappa shape index (κ1) is 21.3. The van der Waals surface area contributed by atoms with Gasteiger partial charge in [-0.3, -0.25) is 9.59 Å². The Morgan fingerprint density at radius 3 is 1.96 bits per heavy atom. The average Bonchev–Trinajstić information content (AvgIpc) is 2.60. The number of rotatable bonds is 5. The monoisotopic (exact) mass is 404 g/mol. The molecular weight excluding hydrogens is 390 g/mol. The predicted molar refractivity (Wildman–Crippen MR) is 87.0 cm³/mol. The number of nitrogens with two attached hydrogens (primary N) is 1. The summed E-state index contributed by atoms with van der Waals surface area (Å²) in [4.78, 5) is 23.8. The Labute approximate surface area is 155 Å². The van der Waals surface area contributed by atoms with E-state index in [0.29, 0.717) is 6.07 Å². The summed E-state index contributed by atoms with van der Waals surface area (Å²) in [5.41, 5.74) is 2.62. The SMILES string of the molecule is NC(=O)[C@@H](Cc1ccc(C(F)(F)F)cc1)NC(=O)c1ccccc1C(F)(F)F. The van der Waals surface area contributed by atoms with Gasteiger partial charge in [0.25, 0.3) is 5.91 Å². The van der Waals surface area contributed by atoms with Gasteiger partial charge in [0, 0.05) is 6.42 Å². The highest BCUT2D eigenvalue weighted by Gasteiger charge is 2.35. The Morgan fingerprint density at radius 2 is 1.46 bits per heavy atom. The number of amides is 2. The minimum absolute atomic E-state index is 0.237. The van der Waals surface area contributed by atoms with E-state index < -0.39 is 46.9 Å². The topological polar surface area (TPSA) is 72.2 Å². The molecule has 10 heteroatoms. The maximum atomic E-state index is 13.0. The molecule has 1 atom stereocenters. The van der Waals surface area contributed by atoms with Crippen LogP contribution in [-0.4, -0.2) is 17.9 Å². The lowest BCUT2D eigenvalue weighted by molar-refractivity contribution is -0.138. The Bertz CT molecular complexity index is 860. The molecule has 0 aliphatic rings. The molecule has 0 saturated carbocycles. The van der Waals surface area contributed by atoms with Crippen LogP contribution in [-0.2, 0) is 23.6 Å². The molecule has 4 nitrogen and oxygen atoms in total. The van der Waals surface area contributed by atoms with Crippen molar-refractivity contribution in [3.05, 3.63) is 70.8 Å². The van der Waals surface area contributed by atoms with Crippen molar-refractivity contribution in [2.45, 2.75) is 24.8 Å². The van der Waals surface area contributed by atoms with E-state index in [1.807, 2.05) is 0 Å². The van der Waals surface area contributed by atoms with Crippen molar-refractivity contribution >= 4 is 11.8 Å². The third-order valence-electron chi connectivity index (χ3n) is 3.85. The number of carbonyl (C=O) groups is 2. The lowest BCUT2D eigenvalue weighted by atomic mass is 10.0. The normalized spacial score (nSPS) is 13.1. The molecule has 0 heterocycles. The van der Waals surface area contributed by atoms with Gasteiger partial charge in [0.1, 0.15) is 6.04 Å². The Morgan fingerprint density at radius 1 is 0.893 bits per heavy atom. The van der Waals surface area contributed by atoms with Crippen LogP contribution in [0.25, 0.3) is 0 Å². The molecule has 0 bridgehead atoms. The fourth-order valence-corrected chi connectivity index (χ4v) is 2.45. The van der Waals surface area contributed by atoms with Crippen LogP contribution in [0, 0.1) is 0 Å². The van der Waals surface area contributed by atoms with Crippen molar-refractivity contribution < 1.29 is 35.9 Å². The van der Waals surface area contributed by atoms with E-state index in [9.17, 15) is 35.9 Å². The van der Waals surface area contributed by atoms with E-state index >= 15 is 0 Å². The molecule has 0 saturated heterocycles. The quantitative estimate of drug-likeness (QED) is 0.749. The van der Waals surface area contributed by atoms with Gasteiger partial charge in [0.05, 0.1) is 16.7 Å². The van der Waals surface area contributed by atoms with Gasteiger partial charge in [-0.05, 0) is 29.8 Å². The van der Waals surface area contributed by atoms with Crippen molar-refractivity contribution in [2.24, 2.45) is 5.73 Å². The molecule has 2 amide bonds. The third kappa shape index (κ3) is 5.24. The fraction of sp³-hybridized carbons (Fsp3) is 0.222. The van der Waals surface area contributed by atoms with E-state index in [2.05, 4.69) is 5.32 Å². The first-order valence-electron chi connectivity index (χ1n) is 7.82. The molecule has 0 aromatic heterocycles. The number of carbonyl (C=O) groups excluding carboxylic acids is 2. The Kier molecular flexibility index (Phi) is 6.01. The zero-order valence-corrected chi connectivity index (χ0v) is 14.1. The zero-order valence-electron chi connectivity index (χ0n) is 14.1. The molecule has 0 fully saturated rings. The van der Waals surface area contributed by atoms with Crippen molar-refractivity contribution in [3.8, 4) is 0 Å². The van der Waals surface area contributed by atoms with E-state index in [0.717, 1.165) is 36.4 Å². The standard InChI is InChI=1S/C18H14F6N2O2/c19-17(20,21)11-7-5-10(6-8-11)9-14(15(25)27)26-16(28)12-3-1-2-4-13(12)18(22,23)24/h1-8,14H,9H2,(H2,25,27)(H,26,28)/t14-/m1/s1. The number of nitrogens with one attached hydrogen (secondary N) is 1. The van der Waals surface area contributed by atoms with Crippen LogP contribution >= 0.6 is 0 Å². The summed E-state index contributed by atoms with van der Waals surface area (Å²) in [6, 6.07) is 6.32. The summed E-state index contributed by atoms with van der Waals surface area (Å²) in [5, 5.41) is 2.10. The van der Waals surface area contributed by atoms with Crippen LogP contribution in [0.4, 0.5) is 26.3 Å². The molecule has 0 spiro atoms. The molecule has 0 radical (unpaired) electrons. The molecule has 150 valence electrons. The molecular formula is C18H14F6N2O2. The van der Waals surface area contributed by atoms with Gasteiger partial charge in [-0.15, -0.1) is 0 Å². The van der Waals surface area contributed by atoms with Gasteiger partial charge in [-0.25, -0.2) is 0 Å². The van der Waals surface area contributed by atoms with Gasteiger partial charge in [0.15, 0.2) is 0 Å². The summed E-state index contributed by atoms with van der Waals surface area (Å²) in [6.45, 7) is 0. The van der Waals surface area contributed by atoms with Crippen molar-refractivity contribution in [1.82, 2.24) is 5.32 Å². The second-order valence-corrected chi connectivity index (χ2v) is 5.87. The summed E-state index contributed by atoms with van der Waals surface area (Å²) in [7, 11) is 0. The lowest BCUT2D eigenvalue weighted by Gasteiger charge is -2.18. The summed E-state index contributed by atoms with van der Waals surface area (Å²) < 4.78 is 76.8. The number of hydrogen-bond acceptors (Lipinski definition) is 2. The fourth-order valence-electron chi connectivity index (χ4n) is 2.45. The summed E-state index contributed by atoms with van der Waals surface area (Å²) >= 11 is 0. The van der Waals surface area contributed by atoms with E-state index in [-0.39, 0.29) is 12.0 Å². The van der Waals surface area contributed by atoms with Gasteiger partial charge < -0.3 is 11.1 Å². The van der Waals surface area contributed by atoms with E-state index in [1.165, 1.54) is 6.07 Å². The molecule has 28 heavy (non-hydrogen) atoms. The largest absolute Gasteiger partial charge is 0.417 e. The van der Waals surface area contributed by atoms with Crippen LogP contribution in [0.15, 0.2) is 48.5 Å². The molecule has 2 rings (SSSR count). The predicted octanol–water partition coefficient (Wildman–Crippen LogP) is 3.55. The maximum absolute atomic E-state index is 13.0. The van der Waals surface area contributed by atoms with Crippen LogP contribution in [0.3, 0.4) is 0 Å². The highest BCUT2D eigenvalue weighted by molar-refractivity contribution is 5.98. The number of halogens is 6. The van der Waals surface area contributed by atoms with E-state index in [4.69, 9.17) is 5.73 Å². The Balaban J connectivity index is 2.20. The number of alkyl halides is 6. The van der Waals surface area contributed by atoms with Crippen molar-refractivity contribution in [3.63, 3.8) is 0 Å². The zero-order chi connectivity index (χ0) is 21.1. The van der Waals surface area contributed by atoms with Crippen LogP contribution in [0.1, 0.15) is 27.0 Å². The van der Waals surface area contributed by atoms with Crippen LogP contribution in [0.5, 0.6) is 0 Å². The number of benzene rings is 2. The summed E-state index contributed by atoms with van der Waals surface area (Å²) in [5.74, 6) is -2.22. The maximum Gasteiger partial charge on any atom is 0.417 e. The van der Waals surface area contributed by atoms with Gasteiger partial charge >= 0.3 is 12.4 Å². The second-order valence-electron chi connectivity index (χ2n) is 5.87. The number of primary amides is 1. The molecule has 3 N–H and O–H groups in total. The highest BCUT2D eigenvalue weighted by Crippen LogP contribution is 2.32. The molecule has 2 aromatic carbocycles. The molecule has 0 unspecified atom stereocenters. The van der Waals surface area contributed by atoms with Crippen LogP contribution in [0.2, 0.25) is 0 Å². The average molecular weight is 404 g/mol. The van der Waals surface area contributed by atoms with Gasteiger partial charge in [-0.2, -0.15) is 26.3 Å². The minimum atomic E-state index is -4.79. The molecule has 0 aliphatic heterocycles. The van der Waals surface area contributed by atoms with E-state index in [1.54, 1.807) is 0 Å². The first-order chi connectivity index (χ1) is 12.9. The smallest absolute Gasteiger partial charge is 0.368 e. The Hall–Kier alpha value is -3.04. The van der Waals surface area contributed by atoms with Gasteiger partial charge in [0.2, 0.25) is 5.91 Å². The third-order valence-corrected chi connectivity index (χ3v) is 3.85. The molecule has 0 aliphatic carbocycles. The summed E-state index contributed by atoms with van der Waals surface area (Å²) in [6.07, 6.45) is -9.62. The number of hydrogen-bond donors (Lipinski definition) is 2. The highest BCUT2D eigenvalue weighted by atomic mass is 19.4. The molecule has 2 aromatic rings. The van der Waals surface area contributed by atoms with Crippen molar-refractivity contribution in [1.29, 1.82) is 0 Å². The lowest BCUT2D eigenvalue weighted by Crippen LogP contribution is -2.46. The first-order valence-corrected chi connectivity index (χ1v) is 7.82. The van der Waals surface area contributed by atoms with Crippen LogP contribution < -0.4 is 11.1 Å².